The van der Waals surface area contributed by atoms with E-state index in [1.54, 1.807) is 36.4 Å². The van der Waals surface area contributed by atoms with Gasteiger partial charge in [0.25, 0.3) is 5.91 Å². The highest BCUT2D eigenvalue weighted by atomic mass is 16.5. The molecule has 8 heteroatoms. The number of aromatic nitrogens is 2. The molecular weight excluding hydrogens is 332 g/mol. The Morgan fingerprint density at radius 2 is 2.27 bits per heavy atom. The third-order valence-corrected chi connectivity index (χ3v) is 4.17. The molecule has 2 N–H and O–H groups in total. The maximum absolute atomic E-state index is 12.5. The lowest BCUT2D eigenvalue weighted by Gasteiger charge is -2.14. The average Bonchev–Trinajstić information content (AvgIpc) is 3.09. The zero-order valence-electron chi connectivity index (χ0n) is 14.7. The summed E-state index contributed by atoms with van der Waals surface area (Å²) in [4.78, 5) is 22.6. The molecule has 2 aromatic rings. The summed E-state index contributed by atoms with van der Waals surface area (Å²) < 4.78 is 5.39. The van der Waals surface area contributed by atoms with Crippen molar-refractivity contribution in [2.24, 2.45) is 0 Å². The molecule has 1 aliphatic heterocycles. The summed E-state index contributed by atoms with van der Waals surface area (Å²) in [7, 11) is 1.54. The lowest BCUT2D eigenvalue weighted by molar-refractivity contribution is 0.0938. The van der Waals surface area contributed by atoms with Gasteiger partial charge < -0.3 is 20.3 Å². The fourth-order valence-corrected chi connectivity index (χ4v) is 2.80. The molecular formula is C18H20N6O2. The van der Waals surface area contributed by atoms with Gasteiger partial charge in [-0.05, 0) is 37.6 Å². The van der Waals surface area contributed by atoms with Gasteiger partial charge in [0.15, 0.2) is 6.19 Å². The van der Waals surface area contributed by atoms with Gasteiger partial charge in [-0.3, -0.25) is 4.79 Å². The van der Waals surface area contributed by atoms with E-state index in [9.17, 15) is 4.79 Å². The van der Waals surface area contributed by atoms with E-state index in [4.69, 9.17) is 10.00 Å². The van der Waals surface area contributed by atoms with Crippen LogP contribution in [0.3, 0.4) is 0 Å². The number of methoxy groups -OCH3 is 1. The van der Waals surface area contributed by atoms with Crippen LogP contribution in [-0.4, -0.2) is 47.0 Å². The summed E-state index contributed by atoms with van der Waals surface area (Å²) in [6.45, 7) is 3.10. The topological polar surface area (TPSA) is 103 Å². The molecule has 1 aromatic heterocycles. The molecule has 0 radical (unpaired) electrons. The first-order valence-corrected chi connectivity index (χ1v) is 8.29. The third kappa shape index (κ3) is 4.00. The second-order valence-electron chi connectivity index (χ2n) is 6.07. The van der Waals surface area contributed by atoms with Gasteiger partial charge in [-0.2, -0.15) is 5.26 Å². The molecule has 134 valence electrons. The summed E-state index contributed by atoms with van der Waals surface area (Å²) in [6, 6.07) is 6.94. The molecule has 1 atom stereocenters. The van der Waals surface area contributed by atoms with Crippen molar-refractivity contribution in [3.8, 4) is 11.9 Å². The Balaban J connectivity index is 1.72. The first-order valence-electron chi connectivity index (χ1n) is 8.29. The fourth-order valence-electron chi connectivity index (χ4n) is 2.80. The predicted molar refractivity (Wildman–Crippen MR) is 96.1 cm³/mol. The summed E-state index contributed by atoms with van der Waals surface area (Å²) >= 11 is 0. The quantitative estimate of drug-likeness (QED) is 0.791. The van der Waals surface area contributed by atoms with Gasteiger partial charge in [0.05, 0.1) is 12.8 Å². The van der Waals surface area contributed by atoms with Gasteiger partial charge >= 0.3 is 0 Å². The highest BCUT2D eigenvalue weighted by Gasteiger charge is 2.23. The van der Waals surface area contributed by atoms with Crippen LogP contribution in [0.1, 0.15) is 22.5 Å². The maximum Gasteiger partial charge on any atom is 0.251 e. The van der Waals surface area contributed by atoms with Crippen LogP contribution in [0.2, 0.25) is 0 Å². The van der Waals surface area contributed by atoms with E-state index < -0.39 is 0 Å². The number of likely N-dealkylation sites (tertiary alicyclic amines) is 1. The van der Waals surface area contributed by atoms with Crippen LogP contribution in [-0.2, 0) is 0 Å². The highest BCUT2D eigenvalue weighted by Crippen LogP contribution is 2.27. The van der Waals surface area contributed by atoms with Crippen molar-refractivity contribution in [2.75, 3.05) is 25.5 Å². The fraction of sp³-hybridized carbons (Fsp3) is 0.333. The SMILES string of the molecule is COc1cc(C(=O)N[C@@H]2CCN(C#N)C2)ccc1Nc1nccc(C)n1. The minimum atomic E-state index is -0.188. The first kappa shape index (κ1) is 17.5. The van der Waals surface area contributed by atoms with Crippen LogP contribution in [0.15, 0.2) is 30.5 Å². The first-order chi connectivity index (χ1) is 12.6. The van der Waals surface area contributed by atoms with Crippen LogP contribution in [0.25, 0.3) is 0 Å². The van der Waals surface area contributed by atoms with Gasteiger partial charge in [0.1, 0.15) is 5.75 Å². The smallest absolute Gasteiger partial charge is 0.251 e. The second kappa shape index (κ2) is 7.70. The molecule has 0 spiro atoms. The van der Waals surface area contributed by atoms with E-state index in [0.717, 1.165) is 12.1 Å². The van der Waals surface area contributed by atoms with Gasteiger partial charge in [-0.15, -0.1) is 0 Å². The number of amides is 1. The van der Waals surface area contributed by atoms with Gasteiger partial charge in [0.2, 0.25) is 5.95 Å². The molecule has 8 nitrogen and oxygen atoms in total. The van der Waals surface area contributed by atoms with E-state index in [1.165, 1.54) is 0 Å². The number of benzene rings is 1. The van der Waals surface area contributed by atoms with E-state index in [0.29, 0.717) is 36.0 Å². The van der Waals surface area contributed by atoms with Crippen molar-refractivity contribution in [2.45, 2.75) is 19.4 Å². The number of nitrogens with zero attached hydrogens (tertiary/aromatic N) is 4. The summed E-state index contributed by atoms with van der Waals surface area (Å²) in [5.74, 6) is 0.794. The lowest BCUT2D eigenvalue weighted by atomic mass is 10.1. The van der Waals surface area contributed by atoms with Crippen molar-refractivity contribution < 1.29 is 9.53 Å². The predicted octanol–water partition coefficient (Wildman–Crippen LogP) is 1.82. The minimum absolute atomic E-state index is 0.0216. The Morgan fingerprint density at radius 1 is 1.42 bits per heavy atom. The number of carbonyl (C=O) groups is 1. The van der Waals surface area contributed by atoms with E-state index in [-0.39, 0.29) is 11.9 Å². The molecule has 3 rings (SSSR count). The van der Waals surface area contributed by atoms with Crippen LogP contribution in [0.5, 0.6) is 5.75 Å². The van der Waals surface area contributed by atoms with Crippen molar-refractivity contribution in [3.63, 3.8) is 0 Å². The summed E-state index contributed by atoms with van der Waals surface area (Å²) in [5.41, 5.74) is 2.01. The van der Waals surface area contributed by atoms with Gasteiger partial charge in [-0.25, -0.2) is 9.97 Å². The van der Waals surface area contributed by atoms with Gasteiger partial charge in [-0.1, -0.05) is 0 Å². The monoisotopic (exact) mass is 352 g/mol. The number of rotatable bonds is 5. The molecule has 26 heavy (non-hydrogen) atoms. The van der Waals surface area contributed by atoms with Crippen LogP contribution >= 0.6 is 0 Å². The molecule has 1 amide bonds. The third-order valence-electron chi connectivity index (χ3n) is 4.17. The number of carbonyl (C=O) groups excluding carboxylic acids is 1. The van der Waals surface area contributed by atoms with Crippen molar-refractivity contribution in [1.82, 2.24) is 20.2 Å². The molecule has 2 heterocycles. The number of ether oxygens (including phenoxy) is 1. The second-order valence-corrected chi connectivity index (χ2v) is 6.07. The molecule has 1 saturated heterocycles. The Bertz CT molecular complexity index is 848. The number of aryl methyl sites for hydroxylation is 1. The molecule has 0 unspecified atom stereocenters. The normalized spacial score (nSPS) is 16.0. The van der Waals surface area contributed by atoms with Gasteiger partial charge in [0, 0.05) is 36.6 Å². The zero-order valence-corrected chi connectivity index (χ0v) is 14.7. The van der Waals surface area contributed by atoms with E-state index in [2.05, 4.69) is 26.8 Å². The Hall–Kier alpha value is -3.34. The average molecular weight is 352 g/mol. The van der Waals surface area contributed by atoms with Crippen LogP contribution < -0.4 is 15.4 Å². The molecule has 1 aromatic carbocycles. The number of nitriles is 1. The Kier molecular flexibility index (Phi) is 5.17. The largest absolute Gasteiger partial charge is 0.495 e. The molecule has 1 aliphatic rings. The lowest BCUT2D eigenvalue weighted by Crippen LogP contribution is -2.36. The highest BCUT2D eigenvalue weighted by molar-refractivity contribution is 5.95. The van der Waals surface area contributed by atoms with Crippen molar-refractivity contribution >= 4 is 17.5 Å². The van der Waals surface area contributed by atoms with Crippen LogP contribution in [0, 0.1) is 18.4 Å². The molecule has 1 fully saturated rings. The van der Waals surface area contributed by atoms with E-state index >= 15 is 0 Å². The number of nitrogens with one attached hydrogen (secondary N) is 2. The Labute approximate surface area is 151 Å². The van der Waals surface area contributed by atoms with Crippen molar-refractivity contribution in [1.29, 1.82) is 5.26 Å². The molecule has 0 aliphatic carbocycles. The molecule has 0 bridgehead atoms. The number of anilines is 2. The minimum Gasteiger partial charge on any atom is -0.495 e. The summed E-state index contributed by atoms with van der Waals surface area (Å²) in [6.07, 6.45) is 4.54. The molecule has 0 saturated carbocycles. The standard InChI is InChI=1S/C18H20N6O2/c1-12-5-7-20-18(21-12)23-15-4-3-13(9-16(15)26-2)17(25)22-14-6-8-24(10-14)11-19/h3-5,7,9,14H,6,8,10H2,1-2H3,(H,22,25)(H,20,21,23)/t14-/m1/s1. The van der Waals surface area contributed by atoms with Crippen LogP contribution in [0.4, 0.5) is 11.6 Å². The number of hydrogen-bond donors (Lipinski definition) is 2. The Morgan fingerprint density at radius 3 is 2.96 bits per heavy atom. The number of hydrogen-bond acceptors (Lipinski definition) is 7. The van der Waals surface area contributed by atoms with E-state index in [1.807, 2.05) is 13.0 Å². The zero-order chi connectivity index (χ0) is 18.5. The van der Waals surface area contributed by atoms with Crippen molar-refractivity contribution in [3.05, 3.63) is 41.7 Å². The maximum atomic E-state index is 12.5. The summed E-state index contributed by atoms with van der Waals surface area (Å²) in [5, 5.41) is 15.0.